The van der Waals surface area contributed by atoms with Crippen molar-refractivity contribution in [3.8, 4) is 5.75 Å². The first kappa shape index (κ1) is 30.0. The zero-order chi connectivity index (χ0) is 31.4. The zero-order valence-electron chi connectivity index (χ0n) is 24.5. The first-order chi connectivity index (χ1) is 21.2. The highest BCUT2D eigenvalue weighted by molar-refractivity contribution is 6.05. The number of benzene rings is 2. The number of fused-ring (bicyclic) bond motifs is 1. The van der Waals surface area contributed by atoms with Gasteiger partial charge in [-0.05, 0) is 80.6 Å². The summed E-state index contributed by atoms with van der Waals surface area (Å²) in [6.07, 6.45) is 4.43. The number of carbonyl (C=O) groups is 4. The van der Waals surface area contributed by atoms with Gasteiger partial charge in [-0.25, -0.2) is 24.0 Å². The molecule has 3 amide bonds. The van der Waals surface area contributed by atoms with E-state index in [1.807, 2.05) is 6.92 Å². The molecular weight excluding hydrogens is 568 g/mol. The Morgan fingerprint density at radius 1 is 1.02 bits per heavy atom. The maximum absolute atomic E-state index is 13.8. The van der Waals surface area contributed by atoms with Crippen LogP contribution >= 0.6 is 0 Å². The van der Waals surface area contributed by atoms with Crippen molar-refractivity contribution in [2.24, 2.45) is 0 Å². The lowest BCUT2D eigenvalue weighted by Crippen LogP contribution is -2.31. The van der Waals surface area contributed by atoms with Crippen LogP contribution < -0.4 is 15.5 Å². The van der Waals surface area contributed by atoms with E-state index in [1.165, 1.54) is 35.1 Å². The Kier molecular flexibility index (Phi) is 8.74. The Balaban J connectivity index is 1.51. The highest BCUT2D eigenvalue weighted by Gasteiger charge is 2.30. The molecule has 4 aromatic rings. The average molecular weight is 601 g/mol. The first-order valence-corrected chi connectivity index (χ1v) is 14.1. The van der Waals surface area contributed by atoms with Crippen LogP contribution in [0.2, 0.25) is 0 Å². The summed E-state index contributed by atoms with van der Waals surface area (Å²) in [4.78, 5) is 57.6. The van der Waals surface area contributed by atoms with Gasteiger partial charge < -0.3 is 25.2 Å². The molecule has 1 saturated carbocycles. The minimum Gasteiger partial charge on any atom is -0.508 e. The Morgan fingerprint density at radius 3 is 2.45 bits per heavy atom. The molecule has 0 saturated heterocycles. The number of hydrogen-bond donors (Lipinski definition) is 3. The van der Waals surface area contributed by atoms with Crippen LogP contribution in [0.15, 0.2) is 55.0 Å². The fourth-order valence-electron chi connectivity index (χ4n) is 4.53. The molecule has 0 unspecified atom stereocenters. The van der Waals surface area contributed by atoms with Gasteiger partial charge in [0.1, 0.15) is 17.6 Å². The monoisotopic (exact) mass is 600 g/mol. The Labute approximate surface area is 252 Å². The van der Waals surface area contributed by atoms with E-state index in [2.05, 4.69) is 20.7 Å². The van der Waals surface area contributed by atoms with E-state index < -0.39 is 18.9 Å². The van der Waals surface area contributed by atoms with Gasteiger partial charge >= 0.3 is 12.1 Å². The zero-order valence-corrected chi connectivity index (χ0v) is 24.5. The second-order valence-electron chi connectivity index (χ2n) is 10.4. The number of amides is 3. The summed E-state index contributed by atoms with van der Waals surface area (Å²) in [6.45, 7) is 5.16. The summed E-state index contributed by atoms with van der Waals surface area (Å²) in [5, 5.41) is 19.5. The molecule has 2 aromatic carbocycles. The topological polar surface area (TPSA) is 164 Å². The second kappa shape index (κ2) is 12.8. The Morgan fingerprint density at radius 2 is 1.75 bits per heavy atom. The van der Waals surface area contributed by atoms with Crippen molar-refractivity contribution in [2.45, 2.75) is 46.1 Å². The Hall–Kier alpha value is -5.46. The van der Waals surface area contributed by atoms with Crippen LogP contribution in [-0.2, 0) is 9.47 Å². The quantitative estimate of drug-likeness (QED) is 0.179. The molecule has 0 radical (unpaired) electrons. The summed E-state index contributed by atoms with van der Waals surface area (Å²) in [6, 6.07) is 10.4. The lowest BCUT2D eigenvalue weighted by atomic mass is 10.1. The third kappa shape index (κ3) is 6.46. The van der Waals surface area contributed by atoms with E-state index in [1.54, 1.807) is 38.2 Å². The van der Waals surface area contributed by atoms with Gasteiger partial charge in [0.05, 0.1) is 16.8 Å². The molecule has 5 rings (SSSR count). The van der Waals surface area contributed by atoms with E-state index in [4.69, 9.17) is 9.47 Å². The lowest BCUT2D eigenvalue weighted by Gasteiger charge is -2.24. The minimum absolute atomic E-state index is 0.0189. The second-order valence-corrected chi connectivity index (χ2v) is 10.4. The van der Waals surface area contributed by atoms with Crippen molar-refractivity contribution < 1.29 is 33.8 Å². The van der Waals surface area contributed by atoms with E-state index in [0.29, 0.717) is 34.3 Å². The summed E-state index contributed by atoms with van der Waals surface area (Å²) in [5.41, 5.74) is 2.63. The normalized spacial score (nSPS) is 12.4. The number of nitrogens with one attached hydrogen (secondary N) is 2. The van der Waals surface area contributed by atoms with Crippen LogP contribution in [-0.4, -0.2) is 63.0 Å². The third-order valence-corrected chi connectivity index (χ3v) is 7.08. The van der Waals surface area contributed by atoms with Gasteiger partial charge in [0, 0.05) is 24.3 Å². The Bertz CT molecular complexity index is 1730. The molecule has 3 N–H and O–H groups in total. The molecule has 0 spiro atoms. The van der Waals surface area contributed by atoms with Crippen molar-refractivity contribution in [3.05, 3.63) is 82.8 Å². The molecule has 2 aromatic heterocycles. The number of ether oxygens (including phenoxy) is 2. The largest absolute Gasteiger partial charge is 0.508 e. The van der Waals surface area contributed by atoms with Gasteiger partial charge in [-0.3, -0.25) is 9.59 Å². The van der Waals surface area contributed by atoms with E-state index in [-0.39, 0.29) is 40.7 Å². The van der Waals surface area contributed by atoms with Gasteiger partial charge in [0.2, 0.25) is 6.79 Å². The van der Waals surface area contributed by atoms with Crippen molar-refractivity contribution in [2.75, 3.05) is 18.2 Å². The van der Waals surface area contributed by atoms with E-state index in [0.717, 1.165) is 24.2 Å². The smallest absolute Gasteiger partial charge is 0.423 e. The molecule has 2 heterocycles. The number of rotatable bonds is 10. The summed E-state index contributed by atoms with van der Waals surface area (Å²) >= 11 is 0. The predicted octanol–water partition coefficient (Wildman–Crippen LogP) is 4.17. The van der Waals surface area contributed by atoms with Crippen LogP contribution in [0.25, 0.3) is 5.52 Å². The molecule has 44 heavy (non-hydrogen) atoms. The van der Waals surface area contributed by atoms with Gasteiger partial charge in [0.15, 0.2) is 5.82 Å². The number of aryl methyl sites for hydroxylation is 2. The van der Waals surface area contributed by atoms with Crippen LogP contribution in [0.4, 0.5) is 16.3 Å². The third-order valence-electron chi connectivity index (χ3n) is 7.08. The molecule has 13 heteroatoms. The fraction of sp³-hybridized carbons (Fsp3) is 0.290. The molecule has 0 atom stereocenters. The van der Waals surface area contributed by atoms with Crippen LogP contribution in [0.3, 0.4) is 0 Å². The molecule has 1 aliphatic carbocycles. The van der Waals surface area contributed by atoms with Gasteiger partial charge in [0.25, 0.3) is 11.8 Å². The fourth-order valence-corrected chi connectivity index (χ4v) is 4.53. The van der Waals surface area contributed by atoms with Crippen LogP contribution in [0.5, 0.6) is 5.75 Å². The van der Waals surface area contributed by atoms with Gasteiger partial charge in [-0.1, -0.05) is 13.0 Å². The number of hydrogen-bond acceptors (Lipinski definition) is 9. The van der Waals surface area contributed by atoms with Gasteiger partial charge in [-0.2, -0.15) is 5.10 Å². The maximum atomic E-state index is 13.8. The van der Waals surface area contributed by atoms with E-state index >= 15 is 0 Å². The number of nitrogens with zero attached hydrogens (tertiary/aromatic N) is 4. The predicted molar refractivity (Wildman–Crippen MR) is 159 cm³/mol. The lowest BCUT2D eigenvalue weighted by molar-refractivity contribution is -0.0000736. The number of phenols is 1. The molecular formula is C31H32N6O7. The minimum atomic E-state index is -0.956. The van der Waals surface area contributed by atoms with Crippen molar-refractivity contribution in [3.63, 3.8) is 0 Å². The van der Waals surface area contributed by atoms with Crippen molar-refractivity contribution >= 4 is 40.9 Å². The summed E-state index contributed by atoms with van der Waals surface area (Å²) < 4.78 is 12.0. The molecule has 1 aliphatic rings. The first-order valence-electron chi connectivity index (χ1n) is 14.1. The molecule has 13 nitrogen and oxygen atoms in total. The summed E-state index contributed by atoms with van der Waals surface area (Å²) in [7, 11) is 0. The average Bonchev–Trinajstić information content (AvgIpc) is 3.76. The standard InChI is InChI=1S/C31H32N6O7/c1-4-13-32-28(39)21-6-5-18(2)25(14-21)37(31(42)44-17-43-30(41)20-7-11-23(38)12-8-20)27-26-19(3)24(15-36(26)34-16-33-27)29(40)35-22-9-10-22/h5-8,11-12,14-16,22,38H,4,9-10,13,17H2,1-3H3,(H,32,39)(H,35,40). The van der Waals surface area contributed by atoms with Crippen molar-refractivity contribution in [1.82, 2.24) is 25.2 Å². The number of aromatic nitrogens is 3. The molecule has 228 valence electrons. The highest BCUT2D eigenvalue weighted by Crippen LogP contribution is 2.34. The number of anilines is 2. The van der Waals surface area contributed by atoms with Gasteiger partial charge in [-0.15, -0.1) is 0 Å². The van der Waals surface area contributed by atoms with Crippen molar-refractivity contribution in [1.29, 1.82) is 0 Å². The number of carbonyl (C=O) groups excluding carboxylic acids is 4. The molecule has 0 aliphatic heterocycles. The SMILES string of the molecule is CCCNC(=O)c1ccc(C)c(N(C(=O)OCOC(=O)c2ccc(O)cc2)c2ncnn3cc(C(=O)NC4CC4)c(C)c23)c1. The number of phenolic OH excluding ortho intramolecular Hbond substituents is 1. The molecule has 1 fully saturated rings. The van der Waals surface area contributed by atoms with Crippen LogP contribution in [0.1, 0.15) is 68.4 Å². The highest BCUT2D eigenvalue weighted by atomic mass is 16.7. The summed E-state index contributed by atoms with van der Waals surface area (Å²) in [5.74, 6) is -1.28. The number of aromatic hydroxyl groups is 1. The van der Waals surface area contributed by atoms with E-state index in [9.17, 15) is 24.3 Å². The van der Waals surface area contributed by atoms with Crippen LogP contribution in [0, 0.1) is 13.8 Å². The maximum Gasteiger partial charge on any atom is 0.423 e. The molecule has 0 bridgehead atoms. The number of esters is 1.